The van der Waals surface area contributed by atoms with E-state index >= 15 is 0 Å². The number of rotatable bonds is 4. The number of anilines is 3. The summed E-state index contributed by atoms with van der Waals surface area (Å²) in [4.78, 5) is 9.16. The van der Waals surface area contributed by atoms with Crippen LogP contribution < -0.4 is 10.6 Å². The molecule has 0 unspecified atom stereocenters. The fraction of sp³-hybridized carbons (Fsp3) is 0.375. The molecule has 0 amide bonds. The van der Waals surface area contributed by atoms with Crippen LogP contribution in [0, 0.1) is 13.8 Å². The van der Waals surface area contributed by atoms with E-state index in [4.69, 9.17) is 11.6 Å². The zero-order valence-electron chi connectivity index (χ0n) is 13.1. The standard InChI is InChI=1S/C16H21ClN4/c1-9(2)14-20-15(18-5)11(4)16(21-14)19-12-7-6-10(3)13(17)8-12/h6-9H,1-5H3,(H2,18,19,20,21). The molecule has 2 N–H and O–H groups in total. The van der Waals surface area contributed by atoms with Gasteiger partial charge in [-0.3, -0.25) is 0 Å². The molecule has 1 aromatic heterocycles. The second-order valence-corrected chi connectivity index (χ2v) is 5.80. The number of hydrogen-bond donors (Lipinski definition) is 2. The van der Waals surface area contributed by atoms with Gasteiger partial charge in [-0.05, 0) is 31.5 Å². The maximum absolute atomic E-state index is 6.18. The van der Waals surface area contributed by atoms with Crippen molar-refractivity contribution in [3.63, 3.8) is 0 Å². The Balaban J connectivity index is 2.42. The predicted octanol–water partition coefficient (Wildman–Crippen LogP) is 4.66. The highest BCUT2D eigenvalue weighted by Crippen LogP contribution is 2.27. The number of nitrogens with zero attached hydrogens (tertiary/aromatic N) is 2. The average Bonchev–Trinajstić information content (AvgIpc) is 2.44. The number of hydrogen-bond acceptors (Lipinski definition) is 4. The molecule has 0 atom stereocenters. The van der Waals surface area contributed by atoms with E-state index in [1.165, 1.54) is 0 Å². The van der Waals surface area contributed by atoms with Crippen LogP contribution in [0.15, 0.2) is 18.2 Å². The third-order valence-electron chi connectivity index (χ3n) is 3.35. The van der Waals surface area contributed by atoms with Crippen molar-refractivity contribution in [3.8, 4) is 0 Å². The molecular weight excluding hydrogens is 284 g/mol. The van der Waals surface area contributed by atoms with Gasteiger partial charge in [0, 0.05) is 29.2 Å². The third-order valence-corrected chi connectivity index (χ3v) is 3.76. The number of aryl methyl sites for hydroxylation is 1. The first-order chi connectivity index (χ1) is 9.92. The molecule has 21 heavy (non-hydrogen) atoms. The van der Waals surface area contributed by atoms with Crippen LogP contribution in [0.1, 0.15) is 36.7 Å². The molecule has 0 bridgehead atoms. The van der Waals surface area contributed by atoms with E-state index in [2.05, 4.69) is 34.4 Å². The Morgan fingerprint density at radius 1 is 1.10 bits per heavy atom. The van der Waals surface area contributed by atoms with Gasteiger partial charge in [-0.15, -0.1) is 0 Å². The first-order valence-corrected chi connectivity index (χ1v) is 7.39. The Morgan fingerprint density at radius 3 is 2.33 bits per heavy atom. The number of nitrogens with one attached hydrogen (secondary N) is 2. The van der Waals surface area contributed by atoms with E-state index in [0.717, 1.165) is 39.3 Å². The van der Waals surface area contributed by atoms with Crippen molar-refractivity contribution in [2.75, 3.05) is 17.7 Å². The maximum atomic E-state index is 6.18. The largest absolute Gasteiger partial charge is 0.373 e. The smallest absolute Gasteiger partial charge is 0.139 e. The Kier molecular flexibility index (Phi) is 4.68. The predicted molar refractivity (Wildman–Crippen MR) is 89.9 cm³/mol. The van der Waals surface area contributed by atoms with Crippen LogP contribution in [0.2, 0.25) is 5.02 Å². The van der Waals surface area contributed by atoms with Gasteiger partial charge in [0.15, 0.2) is 0 Å². The van der Waals surface area contributed by atoms with E-state index in [1.807, 2.05) is 39.1 Å². The lowest BCUT2D eigenvalue weighted by Gasteiger charge is -2.15. The van der Waals surface area contributed by atoms with Gasteiger partial charge in [-0.25, -0.2) is 9.97 Å². The second-order valence-electron chi connectivity index (χ2n) is 5.40. The van der Waals surface area contributed by atoms with Crippen molar-refractivity contribution in [2.24, 2.45) is 0 Å². The van der Waals surface area contributed by atoms with Gasteiger partial charge in [0.05, 0.1) is 0 Å². The van der Waals surface area contributed by atoms with Crippen molar-refractivity contribution in [1.29, 1.82) is 0 Å². The molecule has 1 heterocycles. The summed E-state index contributed by atoms with van der Waals surface area (Å²) in [5.74, 6) is 2.72. The first-order valence-electron chi connectivity index (χ1n) is 7.01. The molecule has 0 fully saturated rings. The van der Waals surface area contributed by atoms with E-state index in [0.29, 0.717) is 0 Å². The fourth-order valence-electron chi connectivity index (χ4n) is 1.96. The molecular formula is C16H21ClN4. The average molecular weight is 305 g/mol. The first kappa shape index (κ1) is 15.6. The summed E-state index contributed by atoms with van der Waals surface area (Å²) < 4.78 is 0. The lowest BCUT2D eigenvalue weighted by molar-refractivity contribution is 0.775. The zero-order chi connectivity index (χ0) is 15.6. The summed E-state index contributed by atoms with van der Waals surface area (Å²) in [5, 5.41) is 7.20. The van der Waals surface area contributed by atoms with Crippen molar-refractivity contribution in [3.05, 3.63) is 40.2 Å². The maximum Gasteiger partial charge on any atom is 0.139 e. The topological polar surface area (TPSA) is 49.8 Å². The second kappa shape index (κ2) is 6.31. The minimum Gasteiger partial charge on any atom is -0.373 e. The van der Waals surface area contributed by atoms with Crippen LogP contribution in [-0.4, -0.2) is 17.0 Å². The van der Waals surface area contributed by atoms with Crippen LogP contribution in [0.25, 0.3) is 0 Å². The highest BCUT2D eigenvalue weighted by atomic mass is 35.5. The Labute approximate surface area is 131 Å². The molecule has 0 aliphatic carbocycles. The van der Waals surface area contributed by atoms with Crippen molar-refractivity contribution in [2.45, 2.75) is 33.6 Å². The molecule has 4 nitrogen and oxygen atoms in total. The highest BCUT2D eigenvalue weighted by Gasteiger charge is 2.12. The number of aromatic nitrogens is 2. The summed E-state index contributed by atoms with van der Waals surface area (Å²) in [7, 11) is 1.87. The van der Waals surface area contributed by atoms with Gasteiger partial charge in [0.25, 0.3) is 0 Å². The minimum absolute atomic E-state index is 0.264. The molecule has 0 aliphatic rings. The molecule has 0 saturated carbocycles. The monoisotopic (exact) mass is 304 g/mol. The summed E-state index contributed by atoms with van der Waals surface area (Å²) >= 11 is 6.18. The normalized spacial score (nSPS) is 10.8. The Hall–Kier alpha value is -1.81. The highest BCUT2D eigenvalue weighted by molar-refractivity contribution is 6.31. The molecule has 0 saturated heterocycles. The van der Waals surface area contributed by atoms with Crippen molar-refractivity contribution in [1.82, 2.24) is 9.97 Å². The molecule has 2 rings (SSSR count). The third kappa shape index (κ3) is 3.45. The van der Waals surface area contributed by atoms with Gasteiger partial charge in [0.1, 0.15) is 17.5 Å². The quantitative estimate of drug-likeness (QED) is 0.863. The SMILES string of the molecule is CNc1nc(C(C)C)nc(Nc2ccc(C)c(Cl)c2)c1C. The Morgan fingerprint density at radius 2 is 1.76 bits per heavy atom. The lowest BCUT2D eigenvalue weighted by Crippen LogP contribution is -2.08. The molecule has 2 aromatic rings. The summed E-state index contributed by atoms with van der Waals surface area (Å²) in [6.07, 6.45) is 0. The summed E-state index contributed by atoms with van der Waals surface area (Å²) in [5.41, 5.74) is 2.96. The van der Waals surface area contributed by atoms with Crippen LogP contribution >= 0.6 is 11.6 Å². The molecule has 5 heteroatoms. The Bertz CT molecular complexity index is 653. The minimum atomic E-state index is 0.264. The number of benzene rings is 1. The zero-order valence-corrected chi connectivity index (χ0v) is 13.8. The molecule has 1 aromatic carbocycles. The van der Waals surface area contributed by atoms with Gasteiger partial charge in [0.2, 0.25) is 0 Å². The van der Waals surface area contributed by atoms with Crippen LogP contribution in [0.5, 0.6) is 0 Å². The van der Waals surface area contributed by atoms with Gasteiger partial charge in [-0.1, -0.05) is 31.5 Å². The van der Waals surface area contributed by atoms with Crippen LogP contribution in [0.3, 0.4) is 0 Å². The van der Waals surface area contributed by atoms with Gasteiger partial charge >= 0.3 is 0 Å². The van der Waals surface area contributed by atoms with Gasteiger partial charge < -0.3 is 10.6 Å². The van der Waals surface area contributed by atoms with Crippen LogP contribution in [-0.2, 0) is 0 Å². The van der Waals surface area contributed by atoms with Gasteiger partial charge in [-0.2, -0.15) is 0 Å². The van der Waals surface area contributed by atoms with E-state index in [9.17, 15) is 0 Å². The molecule has 0 spiro atoms. The van der Waals surface area contributed by atoms with Crippen molar-refractivity contribution >= 4 is 28.9 Å². The molecule has 0 aliphatic heterocycles. The van der Waals surface area contributed by atoms with Crippen molar-refractivity contribution < 1.29 is 0 Å². The fourth-order valence-corrected chi connectivity index (χ4v) is 2.15. The molecule has 112 valence electrons. The van der Waals surface area contributed by atoms with E-state index < -0.39 is 0 Å². The van der Waals surface area contributed by atoms with E-state index in [-0.39, 0.29) is 5.92 Å². The molecule has 0 radical (unpaired) electrons. The van der Waals surface area contributed by atoms with Crippen LogP contribution in [0.4, 0.5) is 17.3 Å². The van der Waals surface area contributed by atoms with E-state index in [1.54, 1.807) is 0 Å². The summed E-state index contributed by atoms with van der Waals surface area (Å²) in [6.45, 7) is 8.14. The lowest BCUT2D eigenvalue weighted by atomic mass is 10.2. The summed E-state index contributed by atoms with van der Waals surface area (Å²) in [6, 6.07) is 5.90. The number of halogens is 1.